The number of carbonyl (C=O) groups is 1. The van der Waals surface area contributed by atoms with Crippen molar-refractivity contribution in [3.63, 3.8) is 0 Å². The Bertz CT molecular complexity index is 689. The van der Waals surface area contributed by atoms with E-state index in [1.165, 1.54) is 0 Å². The lowest BCUT2D eigenvalue weighted by molar-refractivity contribution is -0.116. The summed E-state index contributed by atoms with van der Waals surface area (Å²) in [5, 5.41) is 2.90. The maximum Gasteiger partial charge on any atom is 0.245 e. The molecule has 0 spiro atoms. The largest absolute Gasteiger partial charge is 0.324 e. The molecular weight excluding hydrogens is 248 g/mol. The predicted octanol–water partition coefficient (Wildman–Crippen LogP) is 2.79. The Labute approximate surface area is 118 Å². The van der Waals surface area contributed by atoms with Crippen molar-refractivity contribution in [3.8, 4) is 0 Å². The predicted molar refractivity (Wildman–Crippen MR) is 81.2 cm³/mol. The van der Waals surface area contributed by atoms with Gasteiger partial charge in [0, 0.05) is 11.3 Å². The minimum atomic E-state index is -0.627. The number of nitrogens with one attached hydrogen (secondary N) is 1. The minimum absolute atomic E-state index is 0.166. The van der Waals surface area contributed by atoms with Crippen molar-refractivity contribution < 1.29 is 4.79 Å². The van der Waals surface area contributed by atoms with Crippen LogP contribution in [0.5, 0.6) is 0 Å². The molecule has 1 aliphatic heterocycles. The molecule has 0 radical (unpaired) electrons. The standard InChI is InChI=1S/C17H16N2O/c1-11-15(12-7-3-2-4-8-12)13-9-5-6-10-14(13)19-17(20)16(11)18/h2-10,16H,18H2,1H3,(H,19,20)/t16-/m0/s1. The molecular formula is C17H16N2O. The van der Waals surface area contributed by atoms with E-state index in [0.717, 1.165) is 28.0 Å². The second kappa shape index (κ2) is 4.94. The van der Waals surface area contributed by atoms with Gasteiger partial charge in [0.2, 0.25) is 5.91 Å². The fourth-order valence-electron chi connectivity index (χ4n) is 2.57. The van der Waals surface area contributed by atoms with Crippen LogP contribution >= 0.6 is 0 Å². The zero-order chi connectivity index (χ0) is 14.1. The zero-order valence-electron chi connectivity index (χ0n) is 11.3. The van der Waals surface area contributed by atoms with Crippen molar-refractivity contribution in [2.24, 2.45) is 5.73 Å². The smallest absolute Gasteiger partial charge is 0.245 e. The van der Waals surface area contributed by atoms with Gasteiger partial charge < -0.3 is 11.1 Å². The van der Waals surface area contributed by atoms with E-state index in [2.05, 4.69) is 5.32 Å². The van der Waals surface area contributed by atoms with Crippen LogP contribution in [0.2, 0.25) is 0 Å². The number of anilines is 1. The van der Waals surface area contributed by atoms with Crippen molar-refractivity contribution in [3.05, 3.63) is 71.3 Å². The SMILES string of the molecule is CC1=C(c2ccccc2)c2ccccc2NC(=O)[C@H]1N. The summed E-state index contributed by atoms with van der Waals surface area (Å²) in [4.78, 5) is 12.1. The van der Waals surface area contributed by atoms with Gasteiger partial charge in [0.15, 0.2) is 0 Å². The quantitative estimate of drug-likeness (QED) is 0.832. The van der Waals surface area contributed by atoms with Crippen molar-refractivity contribution in [1.82, 2.24) is 0 Å². The van der Waals surface area contributed by atoms with E-state index in [9.17, 15) is 4.79 Å². The number of hydrogen-bond donors (Lipinski definition) is 2. The van der Waals surface area contributed by atoms with Gasteiger partial charge in [0.25, 0.3) is 0 Å². The van der Waals surface area contributed by atoms with E-state index in [1.807, 2.05) is 61.5 Å². The Balaban J connectivity index is 2.30. The molecule has 0 aromatic heterocycles. The lowest BCUT2D eigenvalue weighted by Crippen LogP contribution is -2.35. The summed E-state index contributed by atoms with van der Waals surface area (Å²) in [5.74, 6) is -0.166. The lowest BCUT2D eigenvalue weighted by Gasteiger charge is -2.14. The molecule has 1 atom stereocenters. The molecule has 2 aromatic carbocycles. The Morgan fingerprint density at radius 1 is 1.00 bits per heavy atom. The molecule has 3 heteroatoms. The number of fused-ring (bicyclic) bond motifs is 1. The zero-order valence-corrected chi connectivity index (χ0v) is 11.3. The van der Waals surface area contributed by atoms with Crippen molar-refractivity contribution in [2.45, 2.75) is 13.0 Å². The van der Waals surface area contributed by atoms with Gasteiger partial charge >= 0.3 is 0 Å². The number of amides is 1. The minimum Gasteiger partial charge on any atom is -0.324 e. The maximum atomic E-state index is 12.1. The van der Waals surface area contributed by atoms with Gasteiger partial charge in [-0.3, -0.25) is 4.79 Å². The summed E-state index contributed by atoms with van der Waals surface area (Å²) in [5.41, 5.74) is 10.9. The fourth-order valence-corrected chi connectivity index (χ4v) is 2.57. The van der Waals surface area contributed by atoms with Gasteiger partial charge in [0.1, 0.15) is 6.04 Å². The highest BCUT2D eigenvalue weighted by molar-refractivity contribution is 6.05. The number of benzene rings is 2. The highest BCUT2D eigenvalue weighted by atomic mass is 16.2. The van der Waals surface area contributed by atoms with Crippen LogP contribution in [0, 0.1) is 0 Å². The Morgan fingerprint density at radius 2 is 1.65 bits per heavy atom. The monoisotopic (exact) mass is 264 g/mol. The molecule has 1 aliphatic rings. The molecule has 1 heterocycles. The average Bonchev–Trinajstić information content (AvgIpc) is 2.57. The van der Waals surface area contributed by atoms with Gasteiger partial charge in [-0.15, -0.1) is 0 Å². The molecule has 0 unspecified atom stereocenters. The third-order valence-corrected chi connectivity index (χ3v) is 3.66. The van der Waals surface area contributed by atoms with Crippen LogP contribution in [-0.2, 0) is 4.79 Å². The van der Waals surface area contributed by atoms with E-state index < -0.39 is 6.04 Å². The second-order valence-electron chi connectivity index (χ2n) is 4.94. The highest BCUT2D eigenvalue weighted by Gasteiger charge is 2.25. The van der Waals surface area contributed by atoms with Gasteiger partial charge in [-0.05, 0) is 29.7 Å². The second-order valence-corrected chi connectivity index (χ2v) is 4.94. The summed E-state index contributed by atoms with van der Waals surface area (Å²) < 4.78 is 0. The first kappa shape index (κ1) is 12.6. The average molecular weight is 264 g/mol. The molecule has 3 N–H and O–H groups in total. The molecule has 20 heavy (non-hydrogen) atoms. The van der Waals surface area contributed by atoms with Crippen molar-refractivity contribution in [2.75, 3.05) is 5.32 Å². The van der Waals surface area contributed by atoms with E-state index in [-0.39, 0.29) is 5.91 Å². The summed E-state index contributed by atoms with van der Waals surface area (Å²) in [6.45, 7) is 1.93. The summed E-state index contributed by atoms with van der Waals surface area (Å²) in [6, 6.07) is 17.2. The van der Waals surface area contributed by atoms with E-state index in [4.69, 9.17) is 5.73 Å². The van der Waals surface area contributed by atoms with Crippen LogP contribution in [0.15, 0.2) is 60.2 Å². The number of hydrogen-bond acceptors (Lipinski definition) is 2. The molecule has 0 aliphatic carbocycles. The fraction of sp³-hybridized carbons (Fsp3) is 0.118. The lowest BCUT2D eigenvalue weighted by atomic mass is 9.91. The number of carbonyl (C=O) groups excluding carboxylic acids is 1. The topological polar surface area (TPSA) is 55.1 Å². The van der Waals surface area contributed by atoms with Crippen LogP contribution in [0.4, 0.5) is 5.69 Å². The third-order valence-electron chi connectivity index (χ3n) is 3.66. The van der Waals surface area contributed by atoms with Gasteiger partial charge in [0.05, 0.1) is 0 Å². The first-order valence-electron chi connectivity index (χ1n) is 6.60. The van der Waals surface area contributed by atoms with Crippen molar-refractivity contribution >= 4 is 17.2 Å². The number of para-hydroxylation sites is 1. The summed E-state index contributed by atoms with van der Waals surface area (Å²) in [7, 11) is 0. The molecule has 1 amide bonds. The van der Waals surface area contributed by atoms with Gasteiger partial charge in [-0.1, -0.05) is 48.5 Å². The Kier molecular flexibility index (Phi) is 3.12. The van der Waals surface area contributed by atoms with Crippen LogP contribution in [-0.4, -0.2) is 11.9 Å². The number of rotatable bonds is 1. The van der Waals surface area contributed by atoms with Gasteiger partial charge in [-0.25, -0.2) is 0 Å². The first-order valence-corrected chi connectivity index (χ1v) is 6.60. The molecule has 0 fully saturated rings. The van der Waals surface area contributed by atoms with Gasteiger partial charge in [-0.2, -0.15) is 0 Å². The Morgan fingerprint density at radius 3 is 2.40 bits per heavy atom. The van der Waals surface area contributed by atoms with Crippen LogP contribution in [0.25, 0.3) is 5.57 Å². The molecule has 100 valence electrons. The molecule has 3 rings (SSSR count). The van der Waals surface area contributed by atoms with Crippen molar-refractivity contribution in [1.29, 1.82) is 0 Å². The molecule has 0 bridgehead atoms. The van der Waals surface area contributed by atoms with Crippen LogP contribution in [0.3, 0.4) is 0 Å². The first-order chi connectivity index (χ1) is 9.68. The van der Waals surface area contributed by atoms with E-state index in [0.29, 0.717) is 0 Å². The molecule has 2 aromatic rings. The number of nitrogens with two attached hydrogens (primary N) is 1. The summed E-state index contributed by atoms with van der Waals surface area (Å²) >= 11 is 0. The van der Waals surface area contributed by atoms with Crippen LogP contribution in [0.1, 0.15) is 18.1 Å². The molecule has 3 nitrogen and oxygen atoms in total. The maximum absolute atomic E-state index is 12.1. The third kappa shape index (κ3) is 2.02. The van der Waals surface area contributed by atoms with Crippen LogP contribution < -0.4 is 11.1 Å². The highest BCUT2D eigenvalue weighted by Crippen LogP contribution is 2.35. The van der Waals surface area contributed by atoms with E-state index in [1.54, 1.807) is 0 Å². The molecule has 0 saturated heterocycles. The van der Waals surface area contributed by atoms with E-state index >= 15 is 0 Å². The normalized spacial score (nSPS) is 18.3. The Hall–Kier alpha value is -2.39. The summed E-state index contributed by atoms with van der Waals surface area (Å²) in [6.07, 6.45) is 0. The molecule has 0 saturated carbocycles.